The van der Waals surface area contributed by atoms with Crippen LogP contribution in [0.15, 0.2) is 22.7 Å². The molecular formula is C14H15BrF2O. The van der Waals surface area contributed by atoms with Gasteiger partial charge in [-0.25, -0.2) is 8.78 Å². The second kappa shape index (κ2) is 5.08. The van der Waals surface area contributed by atoms with Gasteiger partial charge in [0.15, 0.2) is 5.78 Å². The van der Waals surface area contributed by atoms with Crippen molar-refractivity contribution in [3.8, 4) is 0 Å². The lowest BCUT2D eigenvalue weighted by atomic mass is 9.95. The number of Topliss-reactive ketones (excluding diaryl/α,β-unsaturated/α-hetero) is 1. The summed E-state index contributed by atoms with van der Waals surface area (Å²) in [6.45, 7) is 1.86. The molecule has 1 atom stereocenters. The van der Waals surface area contributed by atoms with Gasteiger partial charge in [0.2, 0.25) is 5.92 Å². The second-order valence-corrected chi connectivity index (χ2v) is 5.97. The third kappa shape index (κ3) is 3.16. The van der Waals surface area contributed by atoms with Crippen LogP contribution in [0.5, 0.6) is 0 Å². The van der Waals surface area contributed by atoms with Crippen molar-refractivity contribution in [2.75, 3.05) is 0 Å². The van der Waals surface area contributed by atoms with Crippen LogP contribution >= 0.6 is 15.9 Å². The fourth-order valence-electron chi connectivity index (χ4n) is 2.48. The molecule has 4 heteroatoms. The quantitative estimate of drug-likeness (QED) is 0.734. The molecule has 1 aliphatic carbocycles. The van der Waals surface area contributed by atoms with Crippen LogP contribution in [0.4, 0.5) is 8.78 Å². The minimum Gasteiger partial charge on any atom is -0.294 e. The van der Waals surface area contributed by atoms with Crippen molar-refractivity contribution in [2.24, 2.45) is 5.92 Å². The summed E-state index contributed by atoms with van der Waals surface area (Å²) in [4.78, 5) is 12.1. The molecule has 1 fully saturated rings. The minimum absolute atomic E-state index is 0.0310. The van der Waals surface area contributed by atoms with E-state index in [-0.39, 0.29) is 31.0 Å². The summed E-state index contributed by atoms with van der Waals surface area (Å²) in [5, 5.41) is 0. The molecule has 0 amide bonds. The Hall–Kier alpha value is -0.770. The molecule has 0 saturated heterocycles. The fourth-order valence-corrected chi connectivity index (χ4v) is 2.84. The highest BCUT2D eigenvalue weighted by molar-refractivity contribution is 9.10. The van der Waals surface area contributed by atoms with Crippen LogP contribution in [0, 0.1) is 12.8 Å². The zero-order chi connectivity index (χ0) is 13.3. The summed E-state index contributed by atoms with van der Waals surface area (Å²) >= 11 is 3.32. The van der Waals surface area contributed by atoms with E-state index in [9.17, 15) is 13.6 Å². The summed E-state index contributed by atoms with van der Waals surface area (Å²) in [5.41, 5.74) is 1.53. The van der Waals surface area contributed by atoms with Gasteiger partial charge in [-0.05, 0) is 37.0 Å². The largest absolute Gasteiger partial charge is 0.294 e. The van der Waals surface area contributed by atoms with E-state index in [1.807, 2.05) is 19.1 Å². The Kier molecular flexibility index (Phi) is 3.85. The highest BCUT2D eigenvalue weighted by Crippen LogP contribution is 2.40. The maximum Gasteiger partial charge on any atom is 0.248 e. The Morgan fingerprint density at radius 2 is 2.22 bits per heavy atom. The summed E-state index contributed by atoms with van der Waals surface area (Å²) in [5.74, 6) is -2.78. The molecule has 0 aromatic heterocycles. The van der Waals surface area contributed by atoms with Gasteiger partial charge < -0.3 is 0 Å². The zero-order valence-electron chi connectivity index (χ0n) is 10.2. The molecule has 2 rings (SSSR count). The molecule has 0 aliphatic heterocycles. The molecule has 0 spiro atoms. The van der Waals surface area contributed by atoms with E-state index in [0.29, 0.717) is 12.0 Å². The number of carbonyl (C=O) groups is 1. The third-order valence-electron chi connectivity index (χ3n) is 3.48. The average molecular weight is 317 g/mol. The van der Waals surface area contributed by atoms with Crippen LogP contribution < -0.4 is 0 Å². The Morgan fingerprint density at radius 1 is 1.50 bits per heavy atom. The van der Waals surface area contributed by atoms with Crippen LogP contribution in [0.2, 0.25) is 0 Å². The van der Waals surface area contributed by atoms with Gasteiger partial charge in [0.1, 0.15) is 0 Å². The first-order chi connectivity index (χ1) is 8.37. The van der Waals surface area contributed by atoms with E-state index >= 15 is 0 Å². The van der Waals surface area contributed by atoms with Crippen molar-refractivity contribution < 1.29 is 13.6 Å². The van der Waals surface area contributed by atoms with Crippen LogP contribution in [-0.4, -0.2) is 11.7 Å². The molecule has 98 valence electrons. The van der Waals surface area contributed by atoms with E-state index in [0.717, 1.165) is 10.0 Å². The molecule has 0 bridgehead atoms. The van der Waals surface area contributed by atoms with Gasteiger partial charge in [0.05, 0.1) is 0 Å². The predicted molar refractivity (Wildman–Crippen MR) is 70.1 cm³/mol. The Labute approximate surface area is 114 Å². The van der Waals surface area contributed by atoms with E-state index in [1.54, 1.807) is 6.07 Å². The molecule has 0 heterocycles. The van der Waals surface area contributed by atoms with Gasteiger partial charge in [-0.1, -0.05) is 22.0 Å². The van der Waals surface area contributed by atoms with E-state index in [2.05, 4.69) is 15.9 Å². The molecular weight excluding hydrogens is 302 g/mol. The number of hydrogen-bond acceptors (Lipinski definition) is 1. The molecule has 1 aromatic rings. The maximum atomic E-state index is 13.1. The number of rotatable bonds is 3. The number of ketones is 1. The van der Waals surface area contributed by atoms with Crippen LogP contribution in [-0.2, 0) is 0 Å². The van der Waals surface area contributed by atoms with Gasteiger partial charge in [-0.3, -0.25) is 4.79 Å². The zero-order valence-corrected chi connectivity index (χ0v) is 11.8. The minimum atomic E-state index is -2.57. The van der Waals surface area contributed by atoms with Crippen molar-refractivity contribution in [3.63, 3.8) is 0 Å². The van der Waals surface area contributed by atoms with Crippen molar-refractivity contribution in [3.05, 3.63) is 33.8 Å². The van der Waals surface area contributed by atoms with Crippen molar-refractivity contribution in [1.29, 1.82) is 0 Å². The molecule has 1 aromatic carbocycles. The van der Waals surface area contributed by atoms with Gasteiger partial charge in [-0.15, -0.1) is 0 Å². The molecule has 18 heavy (non-hydrogen) atoms. The Balaban J connectivity index is 2.06. The normalized spacial score (nSPS) is 22.1. The first-order valence-electron chi connectivity index (χ1n) is 6.04. The van der Waals surface area contributed by atoms with Gasteiger partial charge in [0.25, 0.3) is 0 Å². The van der Waals surface area contributed by atoms with Crippen molar-refractivity contribution in [2.45, 2.75) is 38.5 Å². The van der Waals surface area contributed by atoms with Gasteiger partial charge in [0, 0.05) is 29.3 Å². The number of hydrogen-bond donors (Lipinski definition) is 0. The highest BCUT2D eigenvalue weighted by Gasteiger charge is 2.40. The maximum absolute atomic E-state index is 13.1. The van der Waals surface area contributed by atoms with Crippen LogP contribution in [0.25, 0.3) is 0 Å². The number of carbonyl (C=O) groups excluding carboxylic acids is 1. The lowest BCUT2D eigenvalue weighted by Crippen LogP contribution is -2.12. The third-order valence-corrected chi connectivity index (χ3v) is 3.97. The summed E-state index contributed by atoms with van der Waals surface area (Å²) in [6.07, 6.45) is 0.451. The topological polar surface area (TPSA) is 17.1 Å². The lowest BCUT2D eigenvalue weighted by molar-refractivity contribution is 0.00497. The second-order valence-electron chi connectivity index (χ2n) is 5.05. The predicted octanol–water partition coefficient (Wildman–Crippen LogP) is 4.77. The van der Waals surface area contributed by atoms with Crippen molar-refractivity contribution in [1.82, 2.24) is 0 Å². The SMILES string of the molecule is Cc1ccc(Br)cc1C(=O)CC1CCC(F)(F)C1. The number of alkyl halides is 2. The average Bonchev–Trinajstić information content (AvgIpc) is 2.61. The Morgan fingerprint density at radius 3 is 2.83 bits per heavy atom. The standard InChI is InChI=1S/C14H15BrF2O/c1-9-2-3-11(15)7-12(9)13(18)6-10-4-5-14(16,17)8-10/h2-3,7,10H,4-6,8H2,1H3. The van der Waals surface area contributed by atoms with Crippen LogP contribution in [0.1, 0.15) is 41.6 Å². The Bertz CT molecular complexity index is 471. The number of halogens is 3. The first-order valence-corrected chi connectivity index (χ1v) is 6.84. The smallest absolute Gasteiger partial charge is 0.248 e. The lowest BCUT2D eigenvalue weighted by Gasteiger charge is -2.11. The molecule has 1 nitrogen and oxygen atoms in total. The van der Waals surface area contributed by atoms with E-state index in [1.165, 1.54) is 0 Å². The van der Waals surface area contributed by atoms with Gasteiger partial charge in [-0.2, -0.15) is 0 Å². The van der Waals surface area contributed by atoms with E-state index < -0.39 is 5.92 Å². The molecule has 1 aliphatic rings. The highest BCUT2D eigenvalue weighted by atomic mass is 79.9. The monoisotopic (exact) mass is 316 g/mol. The molecule has 0 radical (unpaired) electrons. The number of benzene rings is 1. The summed E-state index contributed by atoms with van der Waals surface area (Å²) < 4.78 is 27.0. The fraction of sp³-hybridized carbons (Fsp3) is 0.500. The molecule has 1 saturated carbocycles. The van der Waals surface area contributed by atoms with Crippen molar-refractivity contribution >= 4 is 21.7 Å². The number of aryl methyl sites for hydroxylation is 1. The molecule has 0 N–H and O–H groups in total. The van der Waals surface area contributed by atoms with Crippen LogP contribution in [0.3, 0.4) is 0 Å². The van der Waals surface area contributed by atoms with Gasteiger partial charge >= 0.3 is 0 Å². The molecule has 1 unspecified atom stereocenters. The first kappa shape index (κ1) is 13.7. The summed E-state index contributed by atoms with van der Waals surface area (Å²) in [7, 11) is 0. The van der Waals surface area contributed by atoms with E-state index in [4.69, 9.17) is 0 Å². The summed E-state index contributed by atoms with van der Waals surface area (Å²) in [6, 6.07) is 5.50.